The molecule has 2 aliphatic heterocycles. The van der Waals surface area contributed by atoms with Gasteiger partial charge in [0.1, 0.15) is 0 Å². The Morgan fingerprint density at radius 1 is 0.897 bits per heavy atom. The molecule has 4 rings (SSSR count). The summed E-state index contributed by atoms with van der Waals surface area (Å²) >= 11 is 0. The first-order valence-corrected chi connectivity index (χ1v) is 10.1. The Morgan fingerprint density at radius 2 is 1.52 bits per heavy atom. The van der Waals surface area contributed by atoms with Crippen molar-refractivity contribution < 1.29 is 9.53 Å². The molecule has 154 valence electrons. The third-order valence-corrected chi connectivity index (χ3v) is 5.49. The van der Waals surface area contributed by atoms with Crippen LogP contribution in [-0.2, 0) is 4.74 Å². The number of piperazine rings is 1. The number of nitrogens with zero attached hydrogens (tertiary/aromatic N) is 5. The lowest BCUT2D eigenvalue weighted by Crippen LogP contribution is -2.50. The second kappa shape index (κ2) is 8.65. The van der Waals surface area contributed by atoms with Crippen molar-refractivity contribution in [3.05, 3.63) is 41.5 Å². The van der Waals surface area contributed by atoms with E-state index >= 15 is 0 Å². The molecule has 29 heavy (non-hydrogen) atoms. The minimum atomic E-state index is -0.0506. The van der Waals surface area contributed by atoms with Gasteiger partial charge >= 0.3 is 6.03 Å². The second-order valence-electron chi connectivity index (χ2n) is 7.57. The van der Waals surface area contributed by atoms with Gasteiger partial charge in [0.05, 0.1) is 13.2 Å². The molecule has 2 saturated heterocycles. The van der Waals surface area contributed by atoms with Crippen molar-refractivity contribution in [2.45, 2.75) is 13.8 Å². The maximum Gasteiger partial charge on any atom is 0.321 e. The molecule has 0 unspecified atom stereocenters. The highest BCUT2D eigenvalue weighted by atomic mass is 16.5. The summed E-state index contributed by atoms with van der Waals surface area (Å²) in [6, 6.07) is 10.0. The Labute approximate surface area is 171 Å². The molecule has 0 saturated carbocycles. The van der Waals surface area contributed by atoms with Crippen LogP contribution in [0.1, 0.15) is 11.1 Å². The van der Waals surface area contributed by atoms with Gasteiger partial charge in [0, 0.05) is 45.0 Å². The summed E-state index contributed by atoms with van der Waals surface area (Å²) in [4.78, 5) is 18.8. The number of ether oxygens (including phenoxy) is 1. The van der Waals surface area contributed by atoms with Gasteiger partial charge < -0.3 is 24.8 Å². The highest BCUT2D eigenvalue weighted by molar-refractivity contribution is 5.90. The number of rotatable bonds is 3. The van der Waals surface area contributed by atoms with Crippen LogP contribution >= 0.6 is 0 Å². The van der Waals surface area contributed by atoms with Gasteiger partial charge in [-0.15, -0.1) is 10.2 Å². The van der Waals surface area contributed by atoms with E-state index in [4.69, 9.17) is 4.74 Å². The Hall–Kier alpha value is -2.87. The summed E-state index contributed by atoms with van der Waals surface area (Å²) in [5.41, 5.74) is 3.13. The SMILES string of the molecule is Cc1ccc(NC(=O)N2CCN(c3ccc(N4CCOCC4)nn3)CC2)c(C)c1. The number of carbonyl (C=O) groups excluding carboxylic acids is 1. The van der Waals surface area contributed by atoms with Gasteiger partial charge in [-0.2, -0.15) is 0 Å². The lowest BCUT2D eigenvalue weighted by molar-refractivity contribution is 0.122. The number of amides is 2. The lowest BCUT2D eigenvalue weighted by Gasteiger charge is -2.35. The Bertz CT molecular complexity index is 843. The summed E-state index contributed by atoms with van der Waals surface area (Å²) < 4.78 is 5.38. The minimum absolute atomic E-state index is 0.0506. The quantitative estimate of drug-likeness (QED) is 0.858. The van der Waals surface area contributed by atoms with Crippen LogP contribution in [0.3, 0.4) is 0 Å². The molecule has 1 N–H and O–H groups in total. The number of hydrogen-bond donors (Lipinski definition) is 1. The molecule has 2 amide bonds. The molecule has 8 heteroatoms. The zero-order valence-corrected chi connectivity index (χ0v) is 17.1. The van der Waals surface area contributed by atoms with E-state index in [2.05, 4.69) is 31.4 Å². The van der Waals surface area contributed by atoms with Crippen molar-refractivity contribution in [3.8, 4) is 0 Å². The van der Waals surface area contributed by atoms with Gasteiger partial charge in [0.25, 0.3) is 0 Å². The number of morpholine rings is 1. The molecule has 1 aromatic carbocycles. The summed E-state index contributed by atoms with van der Waals surface area (Å²) in [7, 11) is 0. The van der Waals surface area contributed by atoms with Crippen LogP contribution in [0.5, 0.6) is 0 Å². The molecular weight excluding hydrogens is 368 g/mol. The van der Waals surface area contributed by atoms with Crippen LogP contribution in [0.25, 0.3) is 0 Å². The number of urea groups is 1. The summed E-state index contributed by atoms with van der Waals surface area (Å²) in [5.74, 6) is 1.75. The molecule has 2 aliphatic rings. The Morgan fingerprint density at radius 3 is 2.10 bits per heavy atom. The van der Waals surface area contributed by atoms with Crippen LogP contribution in [-0.4, -0.2) is 73.6 Å². The molecule has 3 heterocycles. The van der Waals surface area contributed by atoms with E-state index in [1.54, 1.807) is 0 Å². The number of carbonyl (C=O) groups is 1. The maximum absolute atomic E-state index is 12.6. The number of aryl methyl sites for hydroxylation is 2. The molecule has 2 fully saturated rings. The predicted molar refractivity (Wildman–Crippen MR) is 114 cm³/mol. The zero-order chi connectivity index (χ0) is 20.2. The summed E-state index contributed by atoms with van der Waals surface area (Å²) in [6.07, 6.45) is 0. The normalized spacial score (nSPS) is 17.4. The predicted octanol–water partition coefficient (Wildman–Crippen LogP) is 2.28. The van der Waals surface area contributed by atoms with Crippen molar-refractivity contribution in [1.29, 1.82) is 0 Å². The number of anilines is 3. The Kier molecular flexibility index (Phi) is 5.80. The third kappa shape index (κ3) is 4.59. The van der Waals surface area contributed by atoms with Gasteiger partial charge in [-0.25, -0.2) is 4.79 Å². The van der Waals surface area contributed by atoms with Crippen LogP contribution in [0, 0.1) is 13.8 Å². The monoisotopic (exact) mass is 396 g/mol. The largest absolute Gasteiger partial charge is 0.378 e. The number of hydrogen-bond acceptors (Lipinski definition) is 6. The topological polar surface area (TPSA) is 73.8 Å². The van der Waals surface area contributed by atoms with Crippen LogP contribution < -0.4 is 15.1 Å². The molecule has 8 nitrogen and oxygen atoms in total. The fraction of sp³-hybridized carbons (Fsp3) is 0.476. The fourth-order valence-corrected chi connectivity index (χ4v) is 3.73. The van der Waals surface area contributed by atoms with E-state index < -0.39 is 0 Å². The second-order valence-corrected chi connectivity index (χ2v) is 7.57. The summed E-state index contributed by atoms with van der Waals surface area (Å²) in [6.45, 7) is 10.0. The first kappa shape index (κ1) is 19.4. The van der Waals surface area contributed by atoms with E-state index in [1.807, 2.05) is 43.0 Å². The standard InChI is InChI=1S/C21H28N6O2/c1-16-3-4-18(17(2)15-16)22-21(28)27-9-7-25(8-10-27)19-5-6-20(24-23-19)26-11-13-29-14-12-26/h3-6,15H,7-14H2,1-2H3,(H,22,28). The lowest BCUT2D eigenvalue weighted by atomic mass is 10.1. The van der Waals surface area contributed by atoms with Crippen LogP contribution in [0.4, 0.5) is 22.1 Å². The highest BCUT2D eigenvalue weighted by Gasteiger charge is 2.23. The Balaban J connectivity index is 1.31. The smallest absolute Gasteiger partial charge is 0.321 e. The fourth-order valence-electron chi connectivity index (χ4n) is 3.73. The van der Waals surface area contributed by atoms with Crippen molar-refractivity contribution >= 4 is 23.4 Å². The maximum atomic E-state index is 12.6. The zero-order valence-electron chi connectivity index (χ0n) is 17.1. The molecule has 0 radical (unpaired) electrons. The number of benzene rings is 1. The molecule has 0 aliphatic carbocycles. The van der Waals surface area contributed by atoms with Crippen molar-refractivity contribution in [1.82, 2.24) is 15.1 Å². The first-order valence-electron chi connectivity index (χ1n) is 10.1. The molecular formula is C21H28N6O2. The molecule has 1 aromatic heterocycles. The minimum Gasteiger partial charge on any atom is -0.378 e. The average molecular weight is 396 g/mol. The van der Waals surface area contributed by atoms with Crippen molar-refractivity contribution in [3.63, 3.8) is 0 Å². The van der Waals surface area contributed by atoms with Crippen LogP contribution in [0.2, 0.25) is 0 Å². The van der Waals surface area contributed by atoms with Gasteiger partial charge in [0.2, 0.25) is 0 Å². The summed E-state index contributed by atoms with van der Waals surface area (Å²) in [5, 5.41) is 11.8. The van der Waals surface area contributed by atoms with Gasteiger partial charge in [-0.1, -0.05) is 17.7 Å². The molecule has 0 bridgehead atoms. The van der Waals surface area contributed by atoms with E-state index in [0.717, 1.165) is 62.3 Å². The van der Waals surface area contributed by atoms with E-state index in [0.29, 0.717) is 13.1 Å². The van der Waals surface area contributed by atoms with Gasteiger partial charge in [-0.3, -0.25) is 0 Å². The molecule has 0 spiro atoms. The van der Waals surface area contributed by atoms with Gasteiger partial charge in [0.15, 0.2) is 11.6 Å². The van der Waals surface area contributed by atoms with Crippen molar-refractivity contribution in [2.24, 2.45) is 0 Å². The number of nitrogens with one attached hydrogen (secondary N) is 1. The van der Waals surface area contributed by atoms with Crippen molar-refractivity contribution in [2.75, 3.05) is 67.6 Å². The average Bonchev–Trinajstić information content (AvgIpc) is 2.76. The highest BCUT2D eigenvalue weighted by Crippen LogP contribution is 2.19. The van der Waals surface area contributed by atoms with Gasteiger partial charge in [-0.05, 0) is 37.6 Å². The third-order valence-electron chi connectivity index (χ3n) is 5.49. The molecule has 2 aromatic rings. The molecule has 0 atom stereocenters. The number of aromatic nitrogens is 2. The van der Waals surface area contributed by atoms with E-state index in [-0.39, 0.29) is 6.03 Å². The van der Waals surface area contributed by atoms with Crippen LogP contribution in [0.15, 0.2) is 30.3 Å². The van der Waals surface area contributed by atoms with E-state index in [9.17, 15) is 4.79 Å². The van der Waals surface area contributed by atoms with E-state index in [1.165, 1.54) is 5.56 Å². The first-order chi connectivity index (χ1) is 14.1.